The summed E-state index contributed by atoms with van der Waals surface area (Å²) in [7, 11) is 1.68. The van der Waals surface area contributed by atoms with Crippen LogP contribution in [0.5, 0.6) is 0 Å². The number of aryl methyl sites for hydroxylation is 1. The second kappa shape index (κ2) is 5.06. The van der Waals surface area contributed by atoms with E-state index in [1.54, 1.807) is 26.1 Å². The lowest BCUT2D eigenvalue weighted by atomic mass is 9.82. The molecule has 18 heavy (non-hydrogen) atoms. The monoisotopic (exact) mass is 251 g/mol. The first kappa shape index (κ1) is 13.0. The molecule has 0 saturated heterocycles. The van der Waals surface area contributed by atoms with E-state index in [2.05, 4.69) is 0 Å². The summed E-state index contributed by atoms with van der Waals surface area (Å²) in [5.74, 6) is -0.401. The van der Waals surface area contributed by atoms with E-state index in [-0.39, 0.29) is 17.6 Å². The zero-order valence-electron chi connectivity index (χ0n) is 10.7. The summed E-state index contributed by atoms with van der Waals surface area (Å²) in [5.41, 5.74) is 0.602. The fourth-order valence-corrected chi connectivity index (χ4v) is 2.34. The lowest BCUT2D eigenvalue weighted by Crippen LogP contribution is -2.39. The molecule has 2 rings (SSSR count). The number of halogens is 1. The number of benzene rings is 1. The van der Waals surface area contributed by atoms with Crippen molar-refractivity contribution in [2.45, 2.75) is 25.9 Å². The average molecular weight is 251 g/mol. The largest absolute Gasteiger partial charge is 0.393 e. The zero-order valence-corrected chi connectivity index (χ0v) is 10.7. The molecule has 0 unspecified atom stereocenters. The van der Waals surface area contributed by atoms with Crippen molar-refractivity contribution in [1.82, 2.24) is 4.90 Å². The number of aliphatic hydroxyl groups excluding tert-OH is 1. The van der Waals surface area contributed by atoms with Gasteiger partial charge in [-0.1, -0.05) is 12.1 Å². The normalized spacial score (nSPS) is 22.4. The molecule has 0 aliphatic heterocycles. The van der Waals surface area contributed by atoms with E-state index in [9.17, 15) is 14.3 Å². The molecule has 4 heteroatoms. The maximum Gasteiger partial charge on any atom is 0.256 e. The van der Waals surface area contributed by atoms with Crippen molar-refractivity contribution in [1.29, 1.82) is 0 Å². The highest BCUT2D eigenvalue weighted by molar-refractivity contribution is 5.94. The standard InChI is InChI=1S/C14H18FNO2/c1-9-4-3-5-12(13(9)15)14(18)16(2)8-10-6-11(17)7-10/h3-5,10-11,17H,6-8H2,1-2H3. The Morgan fingerprint density at radius 3 is 2.78 bits per heavy atom. The number of rotatable bonds is 3. The molecule has 1 fully saturated rings. The molecule has 1 amide bonds. The van der Waals surface area contributed by atoms with Crippen LogP contribution >= 0.6 is 0 Å². The Morgan fingerprint density at radius 1 is 1.50 bits per heavy atom. The number of hydrogen-bond acceptors (Lipinski definition) is 2. The van der Waals surface area contributed by atoms with Crippen LogP contribution in [-0.4, -0.2) is 35.6 Å². The molecule has 1 saturated carbocycles. The van der Waals surface area contributed by atoms with Gasteiger partial charge in [-0.15, -0.1) is 0 Å². The van der Waals surface area contributed by atoms with Gasteiger partial charge in [0.05, 0.1) is 11.7 Å². The third-order valence-electron chi connectivity index (χ3n) is 3.51. The Hall–Kier alpha value is -1.42. The fourth-order valence-electron chi connectivity index (χ4n) is 2.34. The van der Waals surface area contributed by atoms with E-state index < -0.39 is 5.82 Å². The SMILES string of the molecule is Cc1cccc(C(=O)N(C)CC2CC(O)C2)c1F. The van der Waals surface area contributed by atoms with Crippen LogP contribution in [0.2, 0.25) is 0 Å². The van der Waals surface area contributed by atoms with E-state index in [1.165, 1.54) is 11.0 Å². The third-order valence-corrected chi connectivity index (χ3v) is 3.51. The minimum absolute atomic E-state index is 0.123. The van der Waals surface area contributed by atoms with Crippen LogP contribution in [-0.2, 0) is 0 Å². The van der Waals surface area contributed by atoms with Crippen molar-refractivity contribution < 1.29 is 14.3 Å². The second-order valence-corrected chi connectivity index (χ2v) is 5.11. The van der Waals surface area contributed by atoms with Crippen molar-refractivity contribution in [3.8, 4) is 0 Å². The van der Waals surface area contributed by atoms with Gasteiger partial charge < -0.3 is 10.0 Å². The van der Waals surface area contributed by atoms with Crippen molar-refractivity contribution in [2.24, 2.45) is 5.92 Å². The molecular formula is C14H18FNO2. The molecule has 1 aromatic carbocycles. The third kappa shape index (κ3) is 2.53. The Morgan fingerprint density at radius 2 is 2.17 bits per heavy atom. The van der Waals surface area contributed by atoms with Crippen molar-refractivity contribution in [3.63, 3.8) is 0 Å². The highest BCUT2D eigenvalue weighted by Gasteiger charge is 2.29. The molecule has 98 valence electrons. The van der Waals surface area contributed by atoms with Gasteiger partial charge in [0.2, 0.25) is 0 Å². The Labute approximate surface area is 106 Å². The number of carbonyl (C=O) groups is 1. The van der Waals surface area contributed by atoms with E-state index in [1.807, 2.05) is 0 Å². The van der Waals surface area contributed by atoms with E-state index in [4.69, 9.17) is 0 Å². The average Bonchev–Trinajstić information content (AvgIpc) is 2.30. The summed E-state index contributed by atoms with van der Waals surface area (Å²) in [4.78, 5) is 13.6. The minimum atomic E-state index is -0.442. The van der Waals surface area contributed by atoms with Gasteiger partial charge >= 0.3 is 0 Å². The van der Waals surface area contributed by atoms with Gasteiger partial charge in [0.25, 0.3) is 5.91 Å². The molecule has 0 heterocycles. The molecule has 0 bridgehead atoms. The Kier molecular flexibility index (Phi) is 3.66. The number of nitrogens with zero attached hydrogens (tertiary/aromatic N) is 1. The van der Waals surface area contributed by atoms with Crippen LogP contribution in [0.1, 0.15) is 28.8 Å². The predicted molar refractivity (Wildman–Crippen MR) is 66.8 cm³/mol. The van der Waals surface area contributed by atoms with Crippen LogP contribution in [0, 0.1) is 18.7 Å². The first-order valence-electron chi connectivity index (χ1n) is 6.17. The molecule has 0 aromatic heterocycles. The molecule has 1 aromatic rings. The van der Waals surface area contributed by atoms with Crippen molar-refractivity contribution in [2.75, 3.05) is 13.6 Å². The highest BCUT2D eigenvalue weighted by Crippen LogP contribution is 2.28. The van der Waals surface area contributed by atoms with E-state index in [0.29, 0.717) is 18.0 Å². The van der Waals surface area contributed by atoms with Gasteiger partial charge in [0.15, 0.2) is 0 Å². The summed E-state index contributed by atoms with van der Waals surface area (Å²) in [6, 6.07) is 4.85. The van der Waals surface area contributed by atoms with E-state index >= 15 is 0 Å². The van der Waals surface area contributed by atoms with Gasteiger partial charge in [0.1, 0.15) is 5.82 Å². The van der Waals surface area contributed by atoms with Gasteiger partial charge in [0, 0.05) is 13.6 Å². The van der Waals surface area contributed by atoms with Crippen molar-refractivity contribution in [3.05, 3.63) is 35.1 Å². The summed E-state index contributed by atoms with van der Waals surface area (Å²) < 4.78 is 13.8. The first-order chi connectivity index (χ1) is 8.49. The predicted octanol–water partition coefficient (Wildman–Crippen LogP) is 1.98. The second-order valence-electron chi connectivity index (χ2n) is 5.11. The maximum atomic E-state index is 13.8. The van der Waals surface area contributed by atoms with Crippen LogP contribution in [0.15, 0.2) is 18.2 Å². The molecule has 1 aliphatic carbocycles. The quantitative estimate of drug-likeness (QED) is 0.892. The van der Waals surface area contributed by atoms with Gasteiger partial charge in [-0.2, -0.15) is 0 Å². The summed E-state index contributed by atoms with van der Waals surface area (Å²) in [6.07, 6.45) is 1.23. The lowest BCUT2D eigenvalue weighted by Gasteiger charge is -2.34. The molecule has 1 aliphatic rings. The van der Waals surface area contributed by atoms with Gasteiger partial charge in [-0.25, -0.2) is 4.39 Å². The number of aliphatic hydroxyl groups is 1. The smallest absolute Gasteiger partial charge is 0.256 e. The summed E-state index contributed by atoms with van der Waals surface area (Å²) in [5, 5.41) is 9.20. The molecule has 0 spiro atoms. The Bertz CT molecular complexity index is 455. The molecule has 0 radical (unpaired) electrons. The molecular weight excluding hydrogens is 233 g/mol. The highest BCUT2D eigenvalue weighted by atomic mass is 19.1. The zero-order chi connectivity index (χ0) is 13.3. The first-order valence-corrected chi connectivity index (χ1v) is 6.17. The molecule has 3 nitrogen and oxygen atoms in total. The van der Waals surface area contributed by atoms with Gasteiger partial charge in [-0.05, 0) is 37.3 Å². The van der Waals surface area contributed by atoms with Crippen LogP contribution in [0.4, 0.5) is 4.39 Å². The van der Waals surface area contributed by atoms with Crippen LogP contribution in [0.25, 0.3) is 0 Å². The van der Waals surface area contributed by atoms with Crippen molar-refractivity contribution >= 4 is 5.91 Å². The maximum absolute atomic E-state index is 13.8. The summed E-state index contributed by atoms with van der Waals surface area (Å²) in [6.45, 7) is 2.22. The summed E-state index contributed by atoms with van der Waals surface area (Å²) >= 11 is 0. The van der Waals surface area contributed by atoms with Gasteiger partial charge in [-0.3, -0.25) is 4.79 Å². The molecule has 1 N–H and O–H groups in total. The minimum Gasteiger partial charge on any atom is -0.393 e. The van der Waals surface area contributed by atoms with E-state index in [0.717, 1.165) is 12.8 Å². The fraction of sp³-hybridized carbons (Fsp3) is 0.500. The topological polar surface area (TPSA) is 40.5 Å². The molecule has 0 atom stereocenters. The number of amides is 1. The van der Waals surface area contributed by atoms with Crippen LogP contribution < -0.4 is 0 Å². The van der Waals surface area contributed by atoms with Crippen LogP contribution in [0.3, 0.4) is 0 Å². The number of hydrogen-bond donors (Lipinski definition) is 1. The Balaban J connectivity index is 2.04. The number of carbonyl (C=O) groups excluding carboxylic acids is 1. The lowest BCUT2D eigenvalue weighted by molar-refractivity contribution is 0.0264.